The van der Waals surface area contributed by atoms with E-state index in [2.05, 4.69) is 106 Å². The van der Waals surface area contributed by atoms with Crippen molar-refractivity contribution in [2.45, 2.75) is 64.7 Å². The smallest absolute Gasteiger partial charge is 0.0552 e. The Bertz CT molecular complexity index is 935. The molecular weight excluding hydrogens is 340 g/mol. The van der Waals surface area contributed by atoms with Crippen molar-refractivity contribution in [2.75, 3.05) is 0 Å². The maximum Gasteiger partial charge on any atom is 0.0552 e. The Morgan fingerprint density at radius 1 is 1.00 bits per heavy atom. The molecule has 146 valence electrons. The van der Waals surface area contributed by atoms with Gasteiger partial charge >= 0.3 is 0 Å². The highest BCUT2D eigenvalue weighted by Crippen LogP contribution is 2.49. The van der Waals surface area contributed by atoms with E-state index >= 15 is 0 Å². The number of fused-ring (bicyclic) bond motifs is 3. The molecule has 0 saturated carbocycles. The normalized spacial score (nSPS) is 26.3. The average Bonchev–Trinajstić information content (AvgIpc) is 2.93. The predicted octanol–water partition coefficient (Wildman–Crippen LogP) is 5.85. The standard InChI is InChI=1S/C26H32N2/c1-6-10-18(7-2)24-16-25(28-17(3)27-24)19-13-14-21-20-11-8-9-12-22(20)26(4,5)23(21)15-19/h6-15,17,24-25,27-28H,16H2,1-5H3/b10-6-,18-7+. The van der Waals surface area contributed by atoms with E-state index < -0.39 is 0 Å². The average molecular weight is 373 g/mol. The summed E-state index contributed by atoms with van der Waals surface area (Å²) in [7, 11) is 0. The van der Waals surface area contributed by atoms with Crippen molar-refractivity contribution in [3.63, 3.8) is 0 Å². The molecule has 2 aromatic rings. The highest BCUT2D eigenvalue weighted by molar-refractivity contribution is 5.80. The Morgan fingerprint density at radius 3 is 2.50 bits per heavy atom. The predicted molar refractivity (Wildman–Crippen MR) is 119 cm³/mol. The quantitative estimate of drug-likeness (QED) is 0.660. The summed E-state index contributed by atoms with van der Waals surface area (Å²) in [6.07, 6.45) is 7.93. The van der Waals surface area contributed by atoms with Crippen molar-refractivity contribution in [2.24, 2.45) is 0 Å². The van der Waals surface area contributed by atoms with Crippen LogP contribution in [0, 0.1) is 0 Å². The van der Waals surface area contributed by atoms with Gasteiger partial charge in [-0.3, -0.25) is 10.6 Å². The Morgan fingerprint density at radius 2 is 1.75 bits per heavy atom. The third-order valence-electron chi connectivity index (χ3n) is 6.48. The van der Waals surface area contributed by atoms with E-state index in [0.29, 0.717) is 12.1 Å². The highest BCUT2D eigenvalue weighted by atomic mass is 15.2. The van der Waals surface area contributed by atoms with Crippen molar-refractivity contribution in [3.05, 3.63) is 83.0 Å². The number of benzene rings is 2. The van der Waals surface area contributed by atoms with Gasteiger partial charge in [0.1, 0.15) is 0 Å². The first kappa shape index (κ1) is 19.2. The third-order valence-corrected chi connectivity index (χ3v) is 6.48. The van der Waals surface area contributed by atoms with Crippen LogP contribution in [0.2, 0.25) is 0 Å². The second kappa shape index (κ2) is 7.35. The zero-order chi connectivity index (χ0) is 19.9. The second-order valence-electron chi connectivity index (χ2n) is 8.66. The molecule has 2 aromatic carbocycles. The largest absolute Gasteiger partial charge is 0.295 e. The Balaban J connectivity index is 1.69. The van der Waals surface area contributed by atoms with Gasteiger partial charge in [-0.1, -0.05) is 74.5 Å². The molecule has 0 spiro atoms. The van der Waals surface area contributed by atoms with Crippen LogP contribution in [-0.4, -0.2) is 12.2 Å². The topological polar surface area (TPSA) is 24.1 Å². The number of allylic oxidation sites excluding steroid dienone is 2. The fourth-order valence-electron chi connectivity index (χ4n) is 5.03. The lowest BCUT2D eigenvalue weighted by Gasteiger charge is -2.37. The molecule has 1 fully saturated rings. The van der Waals surface area contributed by atoms with Crippen molar-refractivity contribution in [3.8, 4) is 11.1 Å². The first-order valence-corrected chi connectivity index (χ1v) is 10.5. The molecule has 2 aliphatic rings. The summed E-state index contributed by atoms with van der Waals surface area (Å²) in [5.74, 6) is 0. The first-order chi connectivity index (χ1) is 13.5. The molecule has 0 radical (unpaired) electrons. The van der Waals surface area contributed by atoms with Gasteiger partial charge in [0.05, 0.1) is 6.17 Å². The van der Waals surface area contributed by atoms with E-state index in [4.69, 9.17) is 0 Å². The number of hydrogen-bond acceptors (Lipinski definition) is 2. The van der Waals surface area contributed by atoms with Crippen LogP contribution in [0.3, 0.4) is 0 Å². The number of hydrogen-bond donors (Lipinski definition) is 2. The summed E-state index contributed by atoms with van der Waals surface area (Å²) < 4.78 is 0. The molecule has 0 bridgehead atoms. The van der Waals surface area contributed by atoms with Crippen molar-refractivity contribution in [1.82, 2.24) is 10.6 Å². The van der Waals surface area contributed by atoms with Gasteiger partial charge in [0, 0.05) is 17.5 Å². The summed E-state index contributed by atoms with van der Waals surface area (Å²) in [5.41, 5.74) is 8.50. The lowest BCUT2D eigenvalue weighted by molar-refractivity contribution is 0.278. The molecule has 2 heteroatoms. The monoisotopic (exact) mass is 372 g/mol. The number of nitrogens with one attached hydrogen (secondary N) is 2. The van der Waals surface area contributed by atoms with E-state index in [1.54, 1.807) is 0 Å². The first-order valence-electron chi connectivity index (χ1n) is 10.5. The molecule has 0 aromatic heterocycles. The van der Waals surface area contributed by atoms with Crippen molar-refractivity contribution < 1.29 is 0 Å². The Kier molecular flexibility index (Phi) is 5.03. The molecule has 1 saturated heterocycles. The maximum atomic E-state index is 3.76. The molecular formula is C26H32N2. The fraction of sp³-hybridized carbons (Fsp3) is 0.385. The van der Waals surface area contributed by atoms with Crippen LogP contribution in [0.15, 0.2) is 66.3 Å². The lowest BCUT2D eigenvalue weighted by atomic mass is 9.81. The third kappa shape index (κ3) is 3.15. The Labute approximate surface area is 169 Å². The maximum absolute atomic E-state index is 3.76. The zero-order valence-electron chi connectivity index (χ0n) is 17.7. The molecule has 3 atom stereocenters. The second-order valence-corrected chi connectivity index (χ2v) is 8.66. The van der Waals surface area contributed by atoms with Crippen LogP contribution in [-0.2, 0) is 5.41 Å². The van der Waals surface area contributed by atoms with Crippen LogP contribution >= 0.6 is 0 Å². The minimum Gasteiger partial charge on any atom is -0.295 e. The molecule has 2 nitrogen and oxygen atoms in total. The summed E-state index contributed by atoms with van der Waals surface area (Å²) in [4.78, 5) is 0. The summed E-state index contributed by atoms with van der Waals surface area (Å²) in [6, 6.07) is 16.7. The van der Waals surface area contributed by atoms with Gasteiger partial charge in [-0.15, -0.1) is 0 Å². The molecule has 28 heavy (non-hydrogen) atoms. The zero-order valence-corrected chi connectivity index (χ0v) is 17.7. The molecule has 1 aliphatic heterocycles. The summed E-state index contributed by atoms with van der Waals surface area (Å²) in [5, 5.41) is 7.46. The fourth-order valence-corrected chi connectivity index (χ4v) is 5.03. The molecule has 1 heterocycles. The van der Waals surface area contributed by atoms with Crippen LogP contribution in [0.5, 0.6) is 0 Å². The van der Waals surface area contributed by atoms with E-state index in [1.807, 2.05) is 0 Å². The van der Waals surface area contributed by atoms with Gasteiger partial charge < -0.3 is 0 Å². The van der Waals surface area contributed by atoms with Crippen LogP contribution in [0.4, 0.5) is 0 Å². The summed E-state index contributed by atoms with van der Waals surface area (Å²) >= 11 is 0. The van der Waals surface area contributed by atoms with Crippen LogP contribution in [0.1, 0.15) is 63.8 Å². The lowest BCUT2D eigenvalue weighted by Crippen LogP contribution is -2.53. The molecule has 2 N–H and O–H groups in total. The Hall–Kier alpha value is -2.16. The minimum absolute atomic E-state index is 0.0549. The van der Waals surface area contributed by atoms with Gasteiger partial charge in [0.15, 0.2) is 0 Å². The highest BCUT2D eigenvalue weighted by Gasteiger charge is 2.36. The van der Waals surface area contributed by atoms with Gasteiger partial charge in [-0.2, -0.15) is 0 Å². The van der Waals surface area contributed by atoms with Gasteiger partial charge in [0.25, 0.3) is 0 Å². The molecule has 3 unspecified atom stereocenters. The molecule has 1 aliphatic carbocycles. The SMILES string of the molecule is C/C=C\C(=C/C)C1CC(c2ccc3c(c2)C(C)(C)c2ccccc2-3)NC(C)N1. The minimum atomic E-state index is 0.0549. The van der Waals surface area contributed by atoms with Crippen molar-refractivity contribution in [1.29, 1.82) is 0 Å². The van der Waals surface area contributed by atoms with E-state index in [1.165, 1.54) is 33.4 Å². The van der Waals surface area contributed by atoms with E-state index in [-0.39, 0.29) is 11.6 Å². The molecule has 0 amide bonds. The van der Waals surface area contributed by atoms with E-state index in [0.717, 1.165) is 6.42 Å². The van der Waals surface area contributed by atoms with Crippen LogP contribution in [0.25, 0.3) is 11.1 Å². The van der Waals surface area contributed by atoms with Crippen molar-refractivity contribution >= 4 is 0 Å². The van der Waals surface area contributed by atoms with Gasteiger partial charge in [0.2, 0.25) is 0 Å². The van der Waals surface area contributed by atoms with E-state index in [9.17, 15) is 0 Å². The number of rotatable bonds is 3. The molecule has 4 rings (SSSR count). The summed E-state index contributed by atoms with van der Waals surface area (Å²) in [6.45, 7) is 11.1. The van der Waals surface area contributed by atoms with Gasteiger partial charge in [-0.25, -0.2) is 0 Å². The van der Waals surface area contributed by atoms with Gasteiger partial charge in [-0.05, 0) is 60.6 Å². The van der Waals surface area contributed by atoms with Crippen LogP contribution < -0.4 is 10.6 Å².